The van der Waals surface area contributed by atoms with Crippen LogP contribution in [-0.4, -0.2) is 37.5 Å². The van der Waals surface area contributed by atoms with E-state index in [-0.39, 0.29) is 5.91 Å². The quantitative estimate of drug-likeness (QED) is 0.704. The highest BCUT2D eigenvalue weighted by atomic mass is 16.2. The number of nitrogens with one attached hydrogen (secondary N) is 1. The number of hydrogen-bond acceptors (Lipinski definition) is 2. The summed E-state index contributed by atoms with van der Waals surface area (Å²) >= 11 is 0. The molecule has 0 rings (SSSR count). The van der Waals surface area contributed by atoms with E-state index in [9.17, 15) is 4.79 Å². The summed E-state index contributed by atoms with van der Waals surface area (Å²) in [4.78, 5) is 12.9. The van der Waals surface area contributed by atoms with Crippen LogP contribution in [0.2, 0.25) is 0 Å². The summed E-state index contributed by atoms with van der Waals surface area (Å²) in [5.74, 6) is 0.860. The molecule has 3 nitrogen and oxygen atoms in total. The molecule has 1 amide bonds. The van der Waals surface area contributed by atoms with Crippen LogP contribution in [0.25, 0.3) is 0 Å². The summed E-state index contributed by atoms with van der Waals surface area (Å²) < 4.78 is 0. The molecular weight excluding hydrogens is 176 g/mol. The van der Waals surface area contributed by atoms with Crippen molar-refractivity contribution in [1.29, 1.82) is 0 Å². The molecule has 0 heterocycles. The second-order valence-electron chi connectivity index (χ2n) is 4.17. The Balaban J connectivity index is 3.59. The molecule has 0 radical (unpaired) electrons. The van der Waals surface area contributed by atoms with E-state index in [1.807, 2.05) is 0 Å². The van der Waals surface area contributed by atoms with Crippen LogP contribution in [0.4, 0.5) is 0 Å². The molecule has 2 unspecified atom stereocenters. The van der Waals surface area contributed by atoms with Crippen molar-refractivity contribution in [2.45, 2.75) is 39.7 Å². The van der Waals surface area contributed by atoms with Gasteiger partial charge in [0.2, 0.25) is 5.91 Å². The lowest BCUT2D eigenvalue weighted by atomic mass is 10.0. The van der Waals surface area contributed by atoms with E-state index in [2.05, 4.69) is 26.1 Å². The molecule has 0 aliphatic heterocycles. The van der Waals surface area contributed by atoms with Gasteiger partial charge in [-0.15, -0.1) is 0 Å². The van der Waals surface area contributed by atoms with Crippen LogP contribution in [0.15, 0.2) is 0 Å². The number of carbonyl (C=O) groups excluding carboxylic acids is 1. The molecule has 2 atom stereocenters. The van der Waals surface area contributed by atoms with E-state index in [1.54, 1.807) is 19.0 Å². The Hall–Kier alpha value is -0.570. The number of rotatable bonds is 6. The van der Waals surface area contributed by atoms with E-state index in [1.165, 1.54) is 6.42 Å². The van der Waals surface area contributed by atoms with E-state index >= 15 is 0 Å². The topological polar surface area (TPSA) is 32.3 Å². The summed E-state index contributed by atoms with van der Waals surface area (Å²) in [6, 6.07) is 0.495. The molecule has 0 aromatic heterocycles. The van der Waals surface area contributed by atoms with E-state index < -0.39 is 0 Å². The van der Waals surface area contributed by atoms with Gasteiger partial charge < -0.3 is 10.2 Å². The first-order chi connectivity index (χ1) is 6.49. The predicted molar refractivity (Wildman–Crippen MR) is 60.2 cm³/mol. The minimum Gasteiger partial charge on any atom is -0.349 e. The first-order valence-corrected chi connectivity index (χ1v) is 5.42. The Morgan fingerprint density at radius 2 is 1.93 bits per heavy atom. The highest BCUT2D eigenvalue weighted by Gasteiger charge is 2.10. The van der Waals surface area contributed by atoms with Crippen molar-refractivity contribution in [3.05, 3.63) is 0 Å². The largest absolute Gasteiger partial charge is 0.349 e. The summed E-state index contributed by atoms with van der Waals surface area (Å²) in [5.41, 5.74) is 0. The molecule has 0 spiro atoms. The van der Waals surface area contributed by atoms with E-state index in [4.69, 9.17) is 0 Å². The summed E-state index contributed by atoms with van der Waals surface area (Å²) in [6.45, 7) is 7.37. The smallest absolute Gasteiger partial charge is 0.223 e. The average molecular weight is 200 g/mol. The van der Waals surface area contributed by atoms with Gasteiger partial charge in [0.1, 0.15) is 0 Å². The lowest BCUT2D eigenvalue weighted by Gasteiger charge is -2.20. The van der Waals surface area contributed by atoms with Gasteiger partial charge in [-0.3, -0.25) is 4.79 Å². The van der Waals surface area contributed by atoms with Crippen LogP contribution in [0.1, 0.15) is 33.6 Å². The van der Waals surface area contributed by atoms with Gasteiger partial charge in [-0.1, -0.05) is 20.3 Å². The van der Waals surface area contributed by atoms with Crippen molar-refractivity contribution in [2.24, 2.45) is 5.92 Å². The average Bonchev–Trinajstić information content (AvgIpc) is 2.15. The third-order valence-corrected chi connectivity index (χ3v) is 2.80. The third kappa shape index (κ3) is 5.22. The molecule has 3 heteroatoms. The number of hydrogen-bond donors (Lipinski definition) is 1. The lowest BCUT2D eigenvalue weighted by molar-refractivity contribution is -0.128. The molecule has 84 valence electrons. The summed E-state index contributed by atoms with van der Waals surface area (Å²) in [7, 11) is 3.58. The second-order valence-corrected chi connectivity index (χ2v) is 4.17. The molecule has 1 N–H and O–H groups in total. The molecule has 0 aliphatic carbocycles. The fraction of sp³-hybridized carbons (Fsp3) is 0.909. The Labute approximate surface area is 87.9 Å². The van der Waals surface area contributed by atoms with E-state index in [0.717, 1.165) is 6.54 Å². The normalized spacial score (nSPS) is 14.9. The van der Waals surface area contributed by atoms with Crippen LogP contribution >= 0.6 is 0 Å². The van der Waals surface area contributed by atoms with Gasteiger partial charge >= 0.3 is 0 Å². The molecule has 14 heavy (non-hydrogen) atoms. The minimum atomic E-state index is 0.189. The van der Waals surface area contributed by atoms with Gasteiger partial charge in [0, 0.05) is 33.1 Å². The van der Waals surface area contributed by atoms with Crippen molar-refractivity contribution in [1.82, 2.24) is 10.2 Å². The molecule has 0 bridgehead atoms. The molecule has 0 aliphatic rings. The first kappa shape index (κ1) is 13.4. The van der Waals surface area contributed by atoms with Crippen LogP contribution < -0.4 is 5.32 Å². The lowest BCUT2D eigenvalue weighted by Crippen LogP contribution is -2.35. The molecular formula is C11H24N2O. The second kappa shape index (κ2) is 6.82. The van der Waals surface area contributed by atoms with Crippen LogP contribution in [-0.2, 0) is 4.79 Å². The minimum absolute atomic E-state index is 0.189. The molecule has 0 aromatic carbocycles. The predicted octanol–water partition coefficient (Wildman–Crippen LogP) is 1.49. The van der Waals surface area contributed by atoms with Crippen molar-refractivity contribution in [3.63, 3.8) is 0 Å². The Morgan fingerprint density at radius 1 is 1.36 bits per heavy atom. The zero-order chi connectivity index (χ0) is 11.1. The van der Waals surface area contributed by atoms with Crippen molar-refractivity contribution in [3.8, 4) is 0 Å². The highest BCUT2D eigenvalue weighted by molar-refractivity contribution is 5.75. The fourth-order valence-electron chi connectivity index (χ4n) is 1.19. The maximum absolute atomic E-state index is 11.2. The van der Waals surface area contributed by atoms with Crippen molar-refractivity contribution < 1.29 is 4.79 Å². The van der Waals surface area contributed by atoms with Gasteiger partial charge in [0.15, 0.2) is 0 Å². The standard InChI is InChI=1S/C11H24N2O/c1-6-9(2)10(3)12-8-7-11(14)13(4)5/h9-10,12H,6-8H2,1-5H3. The maximum Gasteiger partial charge on any atom is 0.223 e. The third-order valence-electron chi connectivity index (χ3n) is 2.80. The van der Waals surface area contributed by atoms with Crippen LogP contribution in [0, 0.1) is 5.92 Å². The van der Waals surface area contributed by atoms with Gasteiger partial charge in [0.05, 0.1) is 0 Å². The Morgan fingerprint density at radius 3 is 2.36 bits per heavy atom. The summed E-state index contributed by atoms with van der Waals surface area (Å²) in [5, 5.41) is 3.37. The molecule has 0 aromatic rings. The SMILES string of the molecule is CCC(C)C(C)NCCC(=O)N(C)C. The number of carbonyl (C=O) groups is 1. The monoisotopic (exact) mass is 200 g/mol. The van der Waals surface area contributed by atoms with Gasteiger partial charge in [-0.05, 0) is 12.8 Å². The van der Waals surface area contributed by atoms with Crippen LogP contribution in [0.3, 0.4) is 0 Å². The van der Waals surface area contributed by atoms with Crippen LogP contribution in [0.5, 0.6) is 0 Å². The van der Waals surface area contributed by atoms with Gasteiger partial charge in [0.25, 0.3) is 0 Å². The fourth-order valence-corrected chi connectivity index (χ4v) is 1.19. The van der Waals surface area contributed by atoms with Gasteiger partial charge in [-0.2, -0.15) is 0 Å². The van der Waals surface area contributed by atoms with E-state index in [0.29, 0.717) is 18.4 Å². The molecule has 0 saturated carbocycles. The molecule has 0 fully saturated rings. The van der Waals surface area contributed by atoms with Crippen molar-refractivity contribution in [2.75, 3.05) is 20.6 Å². The zero-order valence-corrected chi connectivity index (χ0v) is 10.1. The highest BCUT2D eigenvalue weighted by Crippen LogP contribution is 2.06. The molecule has 0 saturated heterocycles. The zero-order valence-electron chi connectivity index (χ0n) is 10.1. The summed E-state index contributed by atoms with van der Waals surface area (Å²) in [6.07, 6.45) is 1.77. The van der Waals surface area contributed by atoms with Crippen molar-refractivity contribution >= 4 is 5.91 Å². The number of nitrogens with zero attached hydrogens (tertiary/aromatic N) is 1. The Bertz CT molecular complexity index is 169. The Kier molecular flexibility index (Phi) is 6.54. The first-order valence-electron chi connectivity index (χ1n) is 5.42. The number of amides is 1. The van der Waals surface area contributed by atoms with Gasteiger partial charge in [-0.25, -0.2) is 0 Å². The maximum atomic E-state index is 11.2.